The Morgan fingerprint density at radius 3 is 2.58 bits per heavy atom. The Morgan fingerprint density at radius 1 is 1.16 bits per heavy atom. The van der Waals surface area contributed by atoms with Crippen LogP contribution in [0, 0.1) is 0 Å². The van der Waals surface area contributed by atoms with Gasteiger partial charge in [0, 0.05) is 10.6 Å². The Kier molecular flexibility index (Phi) is 4.37. The molecule has 0 bridgehead atoms. The highest BCUT2D eigenvalue weighted by atomic mass is 35.5. The van der Waals surface area contributed by atoms with E-state index in [1.165, 1.54) is 0 Å². The van der Waals surface area contributed by atoms with Gasteiger partial charge in [-0.25, -0.2) is 0 Å². The van der Waals surface area contributed by atoms with E-state index in [0.717, 1.165) is 11.8 Å². The van der Waals surface area contributed by atoms with Crippen molar-refractivity contribution in [2.45, 2.75) is 6.42 Å². The van der Waals surface area contributed by atoms with Gasteiger partial charge in [0.1, 0.15) is 12.0 Å². The number of benzene rings is 2. The van der Waals surface area contributed by atoms with Crippen molar-refractivity contribution in [3.8, 4) is 5.75 Å². The number of phenolic OH excluding ortho intramolecular Hbond substituents is 1. The Balaban J connectivity index is 2.25. The lowest BCUT2D eigenvalue weighted by atomic mass is 10.0. The Bertz CT molecular complexity index is 603. The summed E-state index contributed by atoms with van der Waals surface area (Å²) in [6.45, 7) is 0. The monoisotopic (exact) mass is 272 g/mol. The molecule has 0 aromatic heterocycles. The molecule has 0 saturated carbocycles. The van der Waals surface area contributed by atoms with Crippen LogP contribution in [0.1, 0.15) is 11.1 Å². The molecule has 0 radical (unpaired) electrons. The third kappa shape index (κ3) is 3.46. The van der Waals surface area contributed by atoms with Gasteiger partial charge in [-0.3, -0.25) is 4.79 Å². The fourth-order valence-electron chi connectivity index (χ4n) is 1.80. The van der Waals surface area contributed by atoms with Crippen LogP contribution in [0.25, 0.3) is 5.57 Å². The lowest BCUT2D eigenvalue weighted by Gasteiger charge is -2.04. The Labute approximate surface area is 117 Å². The van der Waals surface area contributed by atoms with Crippen LogP contribution in [0.15, 0.2) is 54.6 Å². The van der Waals surface area contributed by atoms with Crippen molar-refractivity contribution in [1.29, 1.82) is 0 Å². The molecule has 2 nitrogen and oxygen atoms in total. The second-order valence-electron chi connectivity index (χ2n) is 4.12. The number of hydrogen-bond donors (Lipinski definition) is 1. The van der Waals surface area contributed by atoms with Crippen LogP contribution >= 0.6 is 11.6 Å². The van der Waals surface area contributed by atoms with Crippen molar-refractivity contribution in [1.82, 2.24) is 0 Å². The molecule has 0 unspecified atom stereocenters. The summed E-state index contributed by atoms with van der Waals surface area (Å²) < 4.78 is 0. The van der Waals surface area contributed by atoms with E-state index in [0.29, 0.717) is 22.6 Å². The number of halogens is 1. The first-order valence-electron chi connectivity index (χ1n) is 5.89. The van der Waals surface area contributed by atoms with Gasteiger partial charge in [-0.1, -0.05) is 48.0 Å². The second kappa shape index (κ2) is 6.21. The predicted molar refractivity (Wildman–Crippen MR) is 77.3 cm³/mol. The fourth-order valence-corrected chi connectivity index (χ4v) is 2.00. The normalized spacial score (nSPS) is 11.3. The van der Waals surface area contributed by atoms with Crippen LogP contribution in [-0.4, -0.2) is 11.4 Å². The molecule has 1 N–H and O–H groups in total. The van der Waals surface area contributed by atoms with Crippen molar-refractivity contribution in [3.63, 3.8) is 0 Å². The highest BCUT2D eigenvalue weighted by Crippen LogP contribution is 2.23. The summed E-state index contributed by atoms with van der Waals surface area (Å²) in [5, 5.41) is 10.3. The molecule has 0 atom stereocenters. The van der Waals surface area contributed by atoms with Crippen molar-refractivity contribution >= 4 is 23.5 Å². The largest absolute Gasteiger partial charge is 0.508 e. The molecule has 0 spiro atoms. The van der Waals surface area contributed by atoms with Gasteiger partial charge in [-0.05, 0) is 35.7 Å². The van der Waals surface area contributed by atoms with Crippen LogP contribution in [0.2, 0.25) is 5.02 Å². The standard InChI is InChI=1S/C16H13ClO2/c17-15-8-9-16(19)13(10-15)6-7-14(11-18)12-4-2-1-3-5-12/h1-5,7-11,19H,6H2. The molecular formula is C16H13ClO2. The third-order valence-electron chi connectivity index (χ3n) is 2.82. The van der Waals surface area contributed by atoms with E-state index in [1.807, 2.05) is 30.3 Å². The molecule has 96 valence electrons. The molecule has 0 amide bonds. The van der Waals surface area contributed by atoms with Crippen LogP contribution in [0.3, 0.4) is 0 Å². The number of carbonyl (C=O) groups excluding carboxylic acids is 1. The van der Waals surface area contributed by atoms with Gasteiger partial charge in [-0.2, -0.15) is 0 Å². The van der Waals surface area contributed by atoms with Crippen LogP contribution in [0.5, 0.6) is 5.75 Å². The minimum absolute atomic E-state index is 0.180. The smallest absolute Gasteiger partial charge is 0.150 e. The summed E-state index contributed by atoms with van der Waals surface area (Å²) >= 11 is 5.88. The number of phenols is 1. The van der Waals surface area contributed by atoms with Gasteiger partial charge in [0.05, 0.1) is 0 Å². The van der Waals surface area contributed by atoms with Crippen LogP contribution in [-0.2, 0) is 11.2 Å². The van der Waals surface area contributed by atoms with E-state index < -0.39 is 0 Å². The molecule has 0 fully saturated rings. The van der Waals surface area contributed by atoms with Gasteiger partial charge in [-0.15, -0.1) is 0 Å². The summed E-state index contributed by atoms with van der Waals surface area (Å²) in [6, 6.07) is 14.3. The number of hydrogen-bond acceptors (Lipinski definition) is 2. The maximum absolute atomic E-state index is 11.1. The quantitative estimate of drug-likeness (QED) is 0.678. The zero-order valence-electron chi connectivity index (χ0n) is 10.2. The zero-order valence-corrected chi connectivity index (χ0v) is 11.0. The first-order chi connectivity index (χ1) is 9.20. The summed E-state index contributed by atoms with van der Waals surface area (Å²) in [7, 11) is 0. The highest BCUT2D eigenvalue weighted by Gasteiger charge is 2.03. The molecule has 2 aromatic rings. The molecule has 0 saturated heterocycles. The summed E-state index contributed by atoms with van der Waals surface area (Å²) in [5.41, 5.74) is 2.15. The lowest BCUT2D eigenvalue weighted by molar-refractivity contribution is -0.103. The third-order valence-corrected chi connectivity index (χ3v) is 3.05. The minimum atomic E-state index is 0.180. The van der Waals surface area contributed by atoms with Crippen LogP contribution in [0.4, 0.5) is 0 Å². The van der Waals surface area contributed by atoms with Crippen molar-refractivity contribution in [2.24, 2.45) is 0 Å². The average molecular weight is 273 g/mol. The molecule has 3 heteroatoms. The SMILES string of the molecule is O=CC(=CCc1cc(Cl)ccc1O)c1ccccc1. The molecule has 19 heavy (non-hydrogen) atoms. The van der Waals surface area contributed by atoms with Gasteiger partial charge in [0.25, 0.3) is 0 Å². The lowest BCUT2D eigenvalue weighted by Crippen LogP contribution is -1.89. The van der Waals surface area contributed by atoms with E-state index in [-0.39, 0.29) is 5.75 Å². The number of allylic oxidation sites excluding steroid dienone is 2. The van der Waals surface area contributed by atoms with E-state index in [1.54, 1.807) is 24.3 Å². The van der Waals surface area contributed by atoms with Crippen molar-refractivity contribution in [2.75, 3.05) is 0 Å². The van der Waals surface area contributed by atoms with E-state index in [9.17, 15) is 9.90 Å². The Hall–Kier alpha value is -2.06. The highest BCUT2D eigenvalue weighted by molar-refractivity contribution is 6.30. The van der Waals surface area contributed by atoms with Gasteiger partial charge >= 0.3 is 0 Å². The maximum Gasteiger partial charge on any atom is 0.150 e. The number of aromatic hydroxyl groups is 1. The molecular weight excluding hydrogens is 260 g/mol. The van der Waals surface area contributed by atoms with Crippen molar-refractivity contribution < 1.29 is 9.90 Å². The second-order valence-corrected chi connectivity index (χ2v) is 4.56. The van der Waals surface area contributed by atoms with Gasteiger partial charge in [0.15, 0.2) is 0 Å². The number of rotatable bonds is 4. The van der Waals surface area contributed by atoms with E-state index in [4.69, 9.17) is 11.6 Å². The molecule has 0 aliphatic carbocycles. The molecule has 2 rings (SSSR count). The maximum atomic E-state index is 11.1. The molecule has 2 aromatic carbocycles. The van der Waals surface area contributed by atoms with Crippen LogP contribution < -0.4 is 0 Å². The Morgan fingerprint density at radius 2 is 1.89 bits per heavy atom. The topological polar surface area (TPSA) is 37.3 Å². The summed E-state index contributed by atoms with van der Waals surface area (Å²) in [6.07, 6.45) is 3.06. The molecule has 0 aliphatic heterocycles. The number of aldehydes is 1. The minimum Gasteiger partial charge on any atom is -0.508 e. The fraction of sp³-hybridized carbons (Fsp3) is 0.0625. The molecule has 0 aliphatic rings. The summed E-state index contributed by atoms with van der Waals surface area (Å²) in [4.78, 5) is 11.1. The number of carbonyl (C=O) groups is 1. The van der Waals surface area contributed by atoms with Gasteiger partial charge in [0.2, 0.25) is 0 Å². The van der Waals surface area contributed by atoms with Crippen molar-refractivity contribution in [3.05, 3.63) is 70.8 Å². The predicted octanol–water partition coefficient (Wildman–Crippen LogP) is 3.87. The summed E-state index contributed by atoms with van der Waals surface area (Å²) in [5.74, 6) is 0.180. The average Bonchev–Trinajstić information content (AvgIpc) is 2.44. The first-order valence-corrected chi connectivity index (χ1v) is 6.26. The zero-order chi connectivity index (χ0) is 13.7. The van der Waals surface area contributed by atoms with Gasteiger partial charge < -0.3 is 5.11 Å². The first kappa shape index (κ1) is 13.4. The van der Waals surface area contributed by atoms with E-state index >= 15 is 0 Å². The van der Waals surface area contributed by atoms with E-state index in [2.05, 4.69) is 0 Å². The molecule has 0 heterocycles.